The second-order valence-corrected chi connectivity index (χ2v) is 6.97. The van der Waals surface area contributed by atoms with Crippen LogP contribution in [0.3, 0.4) is 0 Å². The van der Waals surface area contributed by atoms with Gasteiger partial charge in [-0.05, 0) is 55.3 Å². The van der Waals surface area contributed by atoms with E-state index in [2.05, 4.69) is 16.9 Å². The largest absolute Gasteiger partial charge is 0.458 e. The van der Waals surface area contributed by atoms with Crippen molar-refractivity contribution in [1.82, 2.24) is 14.9 Å². The van der Waals surface area contributed by atoms with E-state index < -0.39 is 0 Å². The summed E-state index contributed by atoms with van der Waals surface area (Å²) >= 11 is 1.67. The Balaban J connectivity index is 1.62. The van der Waals surface area contributed by atoms with Crippen molar-refractivity contribution in [3.63, 3.8) is 0 Å². The highest BCUT2D eigenvalue weighted by Crippen LogP contribution is 2.20. The molecule has 0 aliphatic carbocycles. The van der Waals surface area contributed by atoms with Crippen LogP contribution in [-0.2, 0) is 6.42 Å². The molecule has 0 N–H and O–H groups in total. The van der Waals surface area contributed by atoms with E-state index in [9.17, 15) is 4.79 Å². The molecule has 1 aliphatic rings. The molecule has 2 heterocycles. The number of hydrogen-bond acceptors (Lipinski definition) is 5. The number of aromatic nitrogens is 2. The number of benzene rings is 1. The first kappa shape index (κ1) is 17.7. The van der Waals surface area contributed by atoms with Gasteiger partial charge in [-0.25, -0.2) is 9.97 Å². The minimum atomic E-state index is -0.0596. The number of piperidine rings is 1. The van der Waals surface area contributed by atoms with Gasteiger partial charge in [-0.15, -0.1) is 11.8 Å². The lowest BCUT2D eigenvalue weighted by atomic mass is 10.1. The van der Waals surface area contributed by atoms with Crippen molar-refractivity contribution in [2.75, 3.05) is 19.3 Å². The molecule has 1 saturated heterocycles. The van der Waals surface area contributed by atoms with Crippen LogP contribution in [0, 0.1) is 0 Å². The Kier molecular flexibility index (Phi) is 5.91. The Labute approximate surface area is 152 Å². The lowest BCUT2D eigenvalue weighted by Crippen LogP contribution is -2.44. The summed E-state index contributed by atoms with van der Waals surface area (Å²) in [6.07, 6.45) is 8.29. The minimum absolute atomic E-state index is 0.0585. The summed E-state index contributed by atoms with van der Waals surface area (Å²) in [7, 11) is 0. The zero-order chi connectivity index (χ0) is 17.6. The molecule has 1 aromatic heterocycles. The molecule has 0 radical (unpaired) electrons. The smallest absolute Gasteiger partial charge is 0.316 e. The molecule has 132 valence electrons. The molecule has 25 heavy (non-hydrogen) atoms. The number of hydrogen-bond donors (Lipinski definition) is 0. The fraction of sp³-hybridized carbons (Fsp3) is 0.421. The van der Waals surface area contributed by atoms with Crippen molar-refractivity contribution in [2.24, 2.45) is 0 Å². The van der Waals surface area contributed by atoms with E-state index in [1.807, 2.05) is 35.4 Å². The highest BCUT2D eigenvalue weighted by Gasteiger charge is 2.26. The van der Waals surface area contributed by atoms with Crippen molar-refractivity contribution in [1.29, 1.82) is 0 Å². The predicted octanol–water partition coefficient (Wildman–Crippen LogP) is 3.44. The van der Waals surface area contributed by atoms with Crippen LogP contribution in [-0.4, -0.2) is 46.2 Å². The minimum Gasteiger partial charge on any atom is -0.458 e. The second kappa shape index (κ2) is 8.34. The highest BCUT2D eigenvalue weighted by atomic mass is 32.2. The molecular weight excluding hydrogens is 334 g/mol. The maximum atomic E-state index is 12.7. The number of amides is 1. The molecule has 0 saturated carbocycles. The Morgan fingerprint density at radius 3 is 2.64 bits per heavy atom. The van der Waals surface area contributed by atoms with Gasteiger partial charge in [0.25, 0.3) is 5.91 Å². The molecule has 2 aromatic rings. The van der Waals surface area contributed by atoms with Crippen LogP contribution in [0.4, 0.5) is 0 Å². The zero-order valence-corrected chi connectivity index (χ0v) is 15.5. The molecule has 1 fully saturated rings. The number of aryl methyl sites for hydroxylation is 1. The van der Waals surface area contributed by atoms with Crippen molar-refractivity contribution in [3.8, 4) is 6.01 Å². The van der Waals surface area contributed by atoms with Crippen LogP contribution in [0.2, 0.25) is 0 Å². The number of rotatable bonds is 5. The predicted molar refractivity (Wildman–Crippen MR) is 99.2 cm³/mol. The van der Waals surface area contributed by atoms with Crippen molar-refractivity contribution < 1.29 is 9.53 Å². The van der Waals surface area contributed by atoms with E-state index >= 15 is 0 Å². The van der Waals surface area contributed by atoms with E-state index in [4.69, 9.17) is 4.74 Å². The average Bonchev–Trinajstić information content (AvgIpc) is 2.68. The number of carbonyl (C=O) groups excluding carboxylic acids is 1. The van der Waals surface area contributed by atoms with Crippen LogP contribution in [0.15, 0.2) is 41.6 Å². The van der Waals surface area contributed by atoms with Crippen LogP contribution in [0.5, 0.6) is 6.01 Å². The van der Waals surface area contributed by atoms with Crippen molar-refractivity contribution in [3.05, 3.63) is 47.8 Å². The average molecular weight is 357 g/mol. The highest BCUT2D eigenvalue weighted by molar-refractivity contribution is 7.98. The molecule has 1 aromatic carbocycles. The molecule has 5 nitrogen and oxygen atoms in total. The maximum Gasteiger partial charge on any atom is 0.316 e. The SMILES string of the molecule is CCc1cnc(OC2CCCN(C(=O)c3ccc(SC)cc3)C2)nc1. The molecule has 1 atom stereocenters. The Morgan fingerprint density at radius 1 is 1.28 bits per heavy atom. The Morgan fingerprint density at radius 2 is 2.00 bits per heavy atom. The van der Waals surface area contributed by atoms with Gasteiger partial charge in [-0.1, -0.05) is 6.92 Å². The summed E-state index contributed by atoms with van der Waals surface area (Å²) < 4.78 is 5.89. The van der Waals surface area contributed by atoms with Crippen LogP contribution in [0.1, 0.15) is 35.7 Å². The number of carbonyl (C=O) groups is 1. The molecule has 0 bridgehead atoms. The van der Waals surface area contributed by atoms with Crippen molar-refractivity contribution >= 4 is 17.7 Å². The molecule has 0 spiro atoms. The van der Waals surface area contributed by atoms with Crippen LogP contribution >= 0.6 is 11.8 Å². The third kappa shape index (κ3) is 4.51. The van der Waals surface area contributed by atoms with E-state index in [-0.39, 0.29) is 12.0 Å². The number of likely N-dealkylation sites (tertiary alicyclic amines) is 1. The van der Waals surface area contributed by atoms with E-state index in [1.165, 1.54) is 0 Å². The normalized spacial score (nSPS) is 17.4. The van der Waals surface area contributed by atoms with Gasteiger partial charge in [0.1, 0.15) is 6.10 Å². The Hall–Kier alpha value is -2.08. The number of thioether (sulfide) groups is 1. The summed E-state index contributed by atoms with van der Waals surface area (Å²) in [6, 6.07) is 8.15. The second-order valence-electron chi connectivity index (χ2n) is 6.09. The van der Waals surface area contributed by atoms with Crippen LogP contribution in [0.25, 0.3) is 0 Å². The van der Waals surface area contributed by atoms with Gasteiger partial charge in [0.05, 0.1) is 6.54 Å². The van der Waals surface area contributed by atoms with Gasteiger partial charge >= 0.3 is 6.01 Å². The number of nitrogens with zero attached hydrogens (tertiary/aromatic N) is 3. The molecule has 1 amide bonds. The van der Waals surface area contributed by atoms with Gasteiger partial charge in [0, 0.05) is 29.4 Å². The van der Waals surface area contributed by atoms with Crippen molar-refractivity contribution in [2.45, 2.75) is 37.2 Å². The monoisotopic (exact) mass is 357 g/mol. The van der Waals surface area contributed by atoms with Crippen LogP contribution < -0.4 is 4.74 Å². The lowest BCUT2D eigenvalue weighted by molar-refractivity contribution is 0.0515. The van der Waals surface area contributed by atoms with Gasteiger partial charge in [0.15, 0.2) is 0 Å². The summed E-state index contributed by atoms with van der Waals surface area (Å²) in [4.78, 5) is 24.2. The van der Waals surface area contributed by atoms with Gasteiger partial charge in [-0.2, -0.15) is 0 Å². The van der Waals surface area contributed by atoms with E-state index in [0.717, 1.165) is 41.8 Å². The summed E-state index contributed by atoms with van der Waals surface area (Å²) in [5, 5.41) is 0. The van der Waals surface area contributed by atoms with Gasteiger partial charge < -0.3 is 9.64 Å². The lowest BCUT2D eigenvalue weighted by Gasteiger charge is -2.32. The maximum absolute atomic E-state index is 12.7. The first-order valence-corrected chi connectivity index (χ1v) is 9.83. The molecule has 1 aliphatic heterocycles. The fourth-order valence-electron chi connectivity index (χ4n) is 2.87. The summed E-state index contributed by atoms with van der Waals surface area (Å²) in [6.45, 7) is 3.40. The third-order valence-electron chi connectivity index (χ3n) is 4.36. The topological polar surface area (TPSA) is 55.3 Å². The molecule has 6 heteroatoms. The molecule has 1 unspecified atom stereocenters. The Bertz CT molecular complexity index is 704. The molecule has 3 rings (SSSR count). The summed E-state index contributed by atoms with van der Waals surface area (Å²) in [5.41, 5.74) is 1.81. The molecular formula is C19H23N3O2S. The quantitative estimate of drug-likeness (QED) is 0.767. The van der Waals surface area contributed by atoms with Gasteiger partial charge in [0.2, 0.25) is 0 Å². The first-order valence-electron chi connectivity index (χ1n) is 8.60. The van der Waals surface area contributed by atoms with E-state index in [1.54, 1.807) is 24.2 Å². The first-order chi connectivity index (χ1) is 12.2. The standard InChI is InChI=1S/C19H23N3O2S/c1-3-14-11-20-19(21-12-14)24-16-5-4-10-22(13-16)18(23)15-6-8-17(25-2)9-7-15/h6-9,11-12,16H,3-5,10,13H2,1-2H3. The van der Waals surface area contributed by atoms with E-state index in [0.29, 0.717) is 12.6 Å². The zero-order valence-electron chi connectivity index (χ0n) is 14.6. The van der Waals surface area contributed by atoms with Gasteiger partial charge in [-0.3, -0.25) is 4.79 Å². The fourth-order valence-corrected chi connectivity index (χ4v) is 3.28. The number of ether oxygens (including phenoxy) is 1. The third-order valence-corrected chi connectivity index (χ3v) is 5.11. The summed E-state index contributed by atoms with van der Waals surface area (Å²) in [5.74, 6) is 0.0585.